The maximum atomic E-state index is 11.9. The molecule has 0 amide bonds. The number of hydrogen-bond acceptors (Lipinski definition) is 5. The predicted molar refractivity (Wildman–Crippen MR) is 75.5 cm³/mol. The first kappa shape index (κ1) is 15.8. The SMILES string of the molecule is C[C@H]1C[C@@H](N=[N+]=[N-])[C@@H](COP(=O)(O)Nc2ccncc2)O1. The standard InChI is InChI=1S/C11H16N5O4P/c1-8-6-10(14-16-12)11(20-8)7-19-21(17,18)15-9-2-4-13-5-3-9/h2-5,8,10-11H,6-7H2,1H3,(H2,13,15,17,18)/t8-,10+,11+/m0/s1. The molecule has 10 heteroatoms. The molecule has 1 aliphatic heterocycles. The monoisotopic (exact) mass is 313 g/mol. The third-order valence-electron chi connectivity index (χ3n) is 2.97. The van der Waals surface area contributed by atoms with Crippen LogP contribution < -0.4 is 5.09 Å². The largest absolute Gasteiger partial charge is 0.430 e. The zero-order chi connectivity index (χ0) is 15.3. The Labute approximate surface area is 121 Å². The Hall–Kier alpha value is -1.63. The number of nitrogens with zero attached hydrogens (tertiary/aromatic N) is 4. The minimum absolute atomic E-state index is 0.0830. The van der Waals surface area contributed by atoms with Gasteiger partial charge in [0.1, 0.15) is 0 Å². The molecule has 0 aliphatic carbocycles. The fourth-order valence-electron chi connectivity index (χ4n) is 2.07. The Morgan fingerprint density at radius 2 is 2.38 bits per heavy atom. The second-order valence-corrected chi connectivity index (χ2v) is 6.18. The third kappa shape index (κ3) is 4.70. The molecule has 4 atom stereocenters. The van der Waals surface area contributed by atoms with Crippen LogP contribution in [0, 0.1) is 0 Å². The van der Waals surface area contributed by atoms with E-state index in [1.54, 1.807) is 12.1 Å². The van der Waals surface area contributed by atoms with Crippen molar-refractivity contribution in [2.24, 2.45) is 5.11 Å². The van der Waals surface area contributed by atoms with E-state index in [-0.39, 0.29) is 12.7 Å². The van der Waals surface area contributed by atoms with Gasteiger partial charge in [0, 0.05) is 23.0 Å². The lowest BCUT2D eigenvalue weighted by molar-refractivity contribution is 0.0201. The summed E-state index contributed by atoms with van der Waals surface area (Å²) in [7, 11) is -4.02. The van der Waals surface area contributed by atoms with Crippen LogP contribution >= 0.6 is 7.75 Å². The van der Waals surface area contributed by atoms with Crippen molar-refractivity contribution < 1.29 is 18.7 Å². The number of ether oxygens (including phenoxy) is 1. The highest BCUT2D eigenvalue weighted by atomic mass is 31.2. The second-order valence-electron chi connectivity index (χ2n) is 4.66. The minimum atomic E-state index is -4.02. The molecule has 1 aliphatic rings. The maximum Gasteiger partial charge on any atom is 0.430 e. The Bertz CT molecular complexity index is 565. The van der Waals surface area contributed by atoms with Crippen LogP contribution in [-0.2, 0) is 13.8 Å². The topological polar surface area (TPSA) is 129 Å². The number of azide groups is 1. The Morgan fingerprint density at radius 1 is 1.67 bits per heavy atom. The molecular formula is C11H16N5O4P. The van der Waals surface area contributed by atoms with Gasteiger partial charge < -0.3 is 9.63 Å². The van der Waals surface area contributed by atoms with Crippen molar-refractivity contribution in [2.45, 2.75) is 31.6 Å². The van der Waals surface area contributed by atoms with Gasteiger partial charge in [-0.1, -0.05) is 5.11 Å². The van der Waals surface area contributed by atoms with Crippen molar-refractivity contribution in [1.29, 1.82) is 0 Å². The van der Waals surface area contributed by atoms with Gasteiger partial charge in [0.05, 0.1) is 24.9 Å². The van der Waals surface area contributed by atoms with Gasteiger partial charge in [0.15, 0.2) is 0 Å². The number of rotatable bonds is 6. The molecule has 0 aromatic carbocycles. The molecule has 21 heavy (non-hydrogen) atoms. The van der Waals surface area contributed by atoms with E-state index in [0.29, 0.717) is 12.1 Å². The van der Waals surface area contributed by atoms with Crippen molar-refractivity contribution in [2.75, 3.05) is 11.7 Å². The summed E-state index contributed by atoms with van der Waals surface area (Å²) >= 11 is 0. The number of anilines is 1. The molecule has 9 nitrogen and oxygen atoms in total. The van der Waals surface area contributed by atoms with Crippen molar-refractivity contribution in [3.8, 4) is 0 Å². The lowest BCUT2D eigenvalue weighted by Crippen LogP contribution is -2.25. The van der Waals surface area contributed by atoms with Crippen LogP contribution in [0.25, 0.3) is 10.4 Å². The van der Waals surface area contributed by atoms with Gasteiger partial charge in [-0.05, 0) is 31.0 Å². The number of aromatic nitrogens is 1. The lowest BCUT2D eigenvalue weighted by atomic mass is 10.1. The van der Waals surface area contributed by atoms with E-state index in [4.69, 9.17) is 14.8 Å². The van der Waals surface area contributed by atoms with Crippen LogP contribution in [0.2, 0.25) is 0 Å². The molecule has 0 bridgehead atoms. The van der Waals surface area contributed by atoms with Crippen LogP contribution in [0.15, 0.2) is 29.6 Å². The van der Waals surface area contributed by atoms with Gasteiger partial charge in [-0.3, -0.25) is 14.6 Å². The summed E-state index contributed by atoms with van der Waals surface area (Å²) < 4.78 is 22.5. The van der Waals surface area contributed by atoms with Crippen LogP contribution in [-0.4, -0.2) is 34.7 Å². The fraction of sp³-hybridized carbons (Fsp3) is 0.545. The predicted octanol–water partition coefficient (Wildman–Crippen LogP) is 2.47. The number of nitrogens with one attached hydrogen (secondary N) is 1. The van der Waals surface area contributed by atoms with E-state index >= 15 is 0 Å². The van der Waals surface area contributed by atoms with E-state index in [1.807, 2.05) is 6.92 Å². The second kappa shape index (κ2) is 6.89. The molecule has 0 saturated carbocycles. The Kier molecular flexibility index (Phi) is 5.17. The Morgan fingerprint density at radius 3 is 3.05 bits per heavy atom. The summed E-state index contributed by atoms with van der Waals surface area (Å²) in [6.07, 6.45) is 2.92. The quantitative estimate of drug-likeness (QED) is 0.359. The van der Waals surface area contributed by atoms with Crippen LogP contribution in [0.5, 0.6) is 0 Å². The number of hydrogen-bond donors (Lipinski definition) is 2. The highest BCUT2D eigenvalue weighted by molar-refractivity contribution is 7.54. The van der Waals surface area contributed by atoms with Crippen molar-refractivity contribution >= 4 is 13.4 Å². The van der Waals surface area contributed by atoms with Gasteiger partial charge in [0.25, 0.3) is 0 Å². The molecule has 1 aromatic heterocycles. The van der Waals surface area contributed by atoms with Gasteiger partial charge in [0.2, 0.25) is 0 Å². The highest BCUT2D eigenvalue weighted by Gasteiger charge is 2.34. The molecule has 0 radical (unpaired) electrons. The third-order valence-corrected chi connectivity index (χ3v) is 4.01. The Balaban J connectivity index is 1.92. The van der Waals surface area contributed by atoms with Crippen molar-refractivity contribution in [3.05, 3.63) is 35.0 Å². The van der Waals surface area contributed by atoms with E-state index in [1.165, 1.54) is 12.4 Å². The smallest absolute Gasteiger partial charge is 0.372 e. The molecule has 0 spiro atoms. The summed E-state index contributed by atoms with van der Waals surface area (Å²) in [5.41, 5.74) is 8.91. The van der Waals surface area contributed by atoms with Crippen molar-refractivity contribution in [1.82, 2.24) is 4.98 Å². The van der Waals surface area contributed by atoms with E-state index < -0.39 is 19.9 Å². The van der Waals surface area contributed by atoms with Gasteiger partial charge in [-0.15, -0.1) is 0 Å². The molecule has 2 N–H and O–H groups in total. The summed E-state index contributed by atoms with van der Waals surface area (Å²) in [4.78, 5) is 16.3. The average Bonchev–Trinajstić information content (AvgIpc) is 2.78. The summed E-state index contributed by atoms with van der Waals surface area (Å²) in [5.74, 6) is 0. The van der Waals surface area contributed by atoms with Crippen molar-refractivity contribution in [3.63, 3.8) is 0 Å². The van der Waals surface area contributed by atoms with Gasteiger partial charge in [-0.2, -0.15) is 0 Å². The summed E-state index contributed by atoms with van der Waals surface area (Å²) in [6.45, 7) is 1.70. The maximum absolute atomic E-state index is 11.9. The van der Waals surface area contributed by atoms with E-state index in [9.17, 15) is 9.46 Å². The molecule has 2 heterocycles. The lowest BCUT2D eigenvalue weighted by Gasteiger charge is -2.18. The molecule has 1 fully saturated rings. The molecular weight excluding hydrogens is 297 g/mol. The minimum Gasteiger partial charge on any atom is -0.372 e. The normalized spacial score (nSPS) is 27.6. The molecule has 1 saturated heterocycles. The summed E-state index contributed by atoms with van der Waals surface area (Å²) in [5, 5.41) is 6.01. The van der Waals surface area contributed by atoms with Gasteiger partial charge >= 0.3 is 7.75 Å². The average molecular weight is 313 g/mol. The molecule has 2 rings (SSSR count). The fourth-order valence-corrected chi connectivity index (χ4v) is 2.96. The van der Waals surface area contributed by atoms with Crippen LogP contribution in [0.4, 0.5) is 5.69 Å². The molecule has 1 aromatic rings. The first-order chi connectivity index (χ1) is 10.00. The van der Waals surface area contributed by atoms with Crippen LogP contribution in [0.1, 0.15) is 13.3 Å². The first-order valence-corrected chi connectivity index (χ1v) is 7.93. The zero-order valence-electron chi connectivity index (χ0n) is 11.4. The van der Waals surface area contributed by atoms with Gasteiger partial charge in [-0.25, -0.2) is 4.57 Å². The molecule has 1 unspecified atom stereocenters. The van der Waals surface area contributed by atoms with Crippen LogP contribution in [0.3, 0.4) is 0 Å². The number of pyridine rings is 1. The van der Waals surface area contributed by atoms with E-state index in [2.05, 4.69) is 20.1 Å². The highest BCUT2D eigenvalue weighted by Crippen LogP contribution is 2.42. The first-order valence-electron chi connectivity index (χ1n) is 6.35. The van der Waals surface area contributed by atoms with E-state index in [0.717, 1.165) is 0 Å². The molecule has 114 valence electrons. The zero-order valence-corrected chi connectivity index (χ0v) is 12.3. The summed E-state index contributed by atoms with van der Waals surface area (Å²) in [6, 6.07) is 2.69.